The fraction of sp³-hybridized carbons (Fsp3) is 0.182. The molecule has 1 aliphatic rings. The molecule has 2 amide bonds. The van der Waals surface area contributed by atoms with Crippen LogP contribution in [0.5, 0.6) is 0 Å². The lowest BCUT2D eigenvalue weighted by atomic mass is 10.2. The Bertz CT molecular complexity index is 1120. The Kier molecular flexibility index (Phi) is 6.34. The maximum absolute atomic E-state index is 12.4. The van der Waals surface area contributed by atoms with Crippen molar-refractivity contribution in [3.63, 3.8) is 0 Å². The van der Waals surface area contributed by atoms with Crippen molar-refractivity contribution in [2.75, 3.05) is 10.6 Å². The van der Waals surface area contributed by atoms with E-state index in [1.54, 1.807) is 0 Å². The highest BCUT2D eigenvalue weighted by atomic mass is 32.2. The number of nitrogens with one attached hydrogen (secondary N) is 2. The number of benzene rings is 2. The lowest BCUT2D eigenvalue weighted by Gasteiger charge is -2.23. The summed E-state index contributed by atoms with van der Waals surface area (Å²) in [7, 11) is 0. The number of rotatable bonds is 6. The van der Waals surface area contributed by atoms with Crippen molar-refractivity contribution in [2.24, 2.45) is 0 Å². The Balaban J connectivity index is 1.30. The molecule has 0 saturated heterocycles. The predicted octanol–water partition coefficient (Wildman–Crippen LogP) is 4.18. The van der Waals surface area contributed by atoms with E-state index in [2.05, 4.69) is 15.6 Å². The molecule has 0 saturated carbocycles. The number of thioether (sulfide) groups is 1. The summed E-state index contributed by atoms with van der Waals surface area (Å²) in [5.74, 6) is -1.35. The smallest absolute Gasteiger partial charge is 0.308 e. The summed E-state index contributed by atoms with van der Waals surface area (Å²) in [5, 5.41) is 7.12. The number of esters is 1. The number of para-hydroxylation sites is 1. The largest absolute Gasteiger partial charge is 0.452 e. The number of ether oxygens (including phenoxy) is 1. The molecule has 0 unspecified atom stereocenters. The van der Waals surface area contributed by atoms with E-state index in [0.29, 0.717) is 5.13 Å². The molecule has 4 rings (SSSR count). The third-order valence-electron chi connectivity index (χ3n) is 4.54. The molecule has 0 bridgehead atoms. The van der Waals surface area contributed by atoms with Crippen molar-refractivity contribution in [1.29, 1.82) is 0 Å². The average Bonchev–Trinajstić information content (AvgIpc) is 3.23. The zero-order valence-corrected chi connectivity index (χ0v) is 18.2. The van der Waals surface area contributed by atoms with Gasteiger partial charge in [0.25, 0.3) is 5.91 Å². The topological polar surface area (TPSA) is 97.4 Å². The van der Waals surface area contributed by atoms with Crippen molar-refractivity contribution < 1.29 is 19.1 Å². The lowest BCUT2D eigenvalue weighted by Crippen LogP contribution is -2.34. The van der Waals surface area contributed by atoms with Crippen LogP contribution < -0.4 is 10.6 Å². The SMILES string of the molecule is C[C@H](OC(=O)C[C@H]1Sc2ccccc2NC1=O)C(=O)Nc1nc(-c2ccccc2)cs1. The second-order valence-electron chi connectivity index (χ2n) is 6.82. The number of aromatic nitrogens is 1. The molecule has 31 heavy (non-hydrogen) atoms. The van der Waals surface area contributed by atoms with Gasteiger partial charge in [0.05, 0.1) is 23.1 Å². The van der Waals surface area contributed by atoms with Crippen LogP contribution in [0.3, 0.4) is 0 Å². The lowest BCUT2D eigenvalue weighted by molar-refractivity contribution is -0.153. The zero-order valence-electron chi connectivity index (χ0n) is 16.5. The van der Waals surface area contributed by atoms with Gasteiger partial charge in [-0.05, 0) is 19.1 Å². The molecule has 0 fully saturated rings. The number of hydrogen-bond donors (Lipinski definition) is 2. The molecule has 9 heteroatoms. The number of anilines is 2. The first-order valence-electron chi connectivity index (χ1n) is 9.57. The average molecular weight is 454 g/mol. The van der Waals surface area contributed by atoms with Crippen molar-refractivity contribution in [2.45, 2.75) is 29.6 Å². The summed E-state index contributed by atoms with van der Waals surface area (Å²) in [6.45, 7) is 1.49. The van der Waals surface area contributed by atoms with Gasteiger partial charge in [0.2, 0.25) is 5.91 Å². The van der Waals surface area contributed by atoms with Crippen molar-refractivity contribution in [3.8, 4) is 11.3 Å². The van der Waals surface area contributed by atoms with Gasteiger partial charge in [-0.3, -0.25) is 19.7 Å². The third kappa shape index (κ3) is 5.12. The highest BCUT2D eigenvalue weighted by molar-refractivity contribution is 8.01. The molecule has 158 valence electrons. The summed E-state index contributed by atoms with van der Waals surface area (Å²) in [6, 6.07) is 17.0. The van der Waals surface area contributed by atoms with Crippen LogP contribution in [0.1, 0.15) is 13.3 Å². The molecule has 2 heterocycles. The van der Waals surface area contributed by atoms with Gasteiger partial charge in [0.15, 0.2) is 11.2 Å². The van der Waals surface area contributed by atoms with E-state index in [1.165, 1.54) is 30.0 Å². The first-order chi connectivity index (χ1) is 15.0. The van der Waals surface area contributed by atoms with Crippen molar-refractivity contribution in [1.82, 2.24) is 4.98 Å². The highest BCUT2D eigenvalue weighted by Crippen LogP contribution is 2.36. The van der Waals surface area contributed by atoms with Gasteiger partial charge in [-0.25, -0.2) is 4.98 Å². The Hall–Kier alpha value is -3.17. The van der Waals surface area contributed by atoms with Gasteiger partial charge in [-0.15, -0.1) is 23.1 Å². The summed E-state index contributed by atoms with van der Waals surface area (Å²) in [4.78, 5) is 42.3. The van der Waals surface area contributed by atoms with Gasteiger partial charge in [-0.1, -0.05) is 42.5 Å². The molecule has 0 radical (unpaired) electrons. The number of fused-ring (bicyclic) bond motifs is 1. The van der Waals surface area contributed by atoms with Gasteiger partial charge < -0.3 is 10.1 Å². The van der Waals surface area contributed by atoms with Gasteiger partial charge in [0, 0.05) is 15.8 Å². The summed E-state index contributed by atoms with van der Waals surface area (Å²) in [6.07, 6.45) is -1.14. The minimum absolute atomic E-state index is 0.127. The van der Waals surface area contributed by atoms with E-state index >= 15 is 0 Å². The van der Waals surface area contributed by atoms with Crippen LogP contribution in [-0.2, 0) is 19.1 Å². The molecule has 2 atom stereocenters. The number of thiazole rings is 1. The number of nitrogens with zero attached hydrogens (tertiary/aromatic N) is 1. The molecule has 1 aliphatic heterocycles. The fourth-order valence-corrected chi connectivity index (χ4v) is 4.77. The van der Waals surface area contributed by atoms with Gasteiger partial charge >= 0.3 is 5.97 Å². The molecule has 0 aliphatic carbocycles. The molecule has 3 aromatic rings. The zero-order chi connectivity index (χ0) is 21.8. The van der Waals surface area contributed by atoms with Crippen molar-refractivity contribution in [3.05, 3.63) is 60.0 Å². The van der Waals surface area contributed by atoms with E-state index in [1.807, 2.05) is 60.0 Å². The number of carbonyl (C=O) groups excluding carboxylic acids is 3. The molecular formula is C22H19N3O4S2. The van der Waals surface area contributed by atoms with E-state index in [4.69, 9.17) is 4.74 Å². The van der Waals surface area contributed by atoms with E-state index in [-0.39, 0.29) is 12.3 Å². The Morgan fingerprint density at radius 3 is 2.71 bits per heavy atom. The maximum atomic E-state index is 12.4. The van der Waals surface area contributed by atoms with Gasteiger partial charge in [0.1, 0.15) is 0 Å². The number of amides is 2. The molecule has 2 aromatic carbocycles. The van der Waals surface area contributed by atoms with E-state index in [0.717, 1.165) is 21.8 Å². The second-order valence-corrected chi connectivity index (χ2v) is 8.92. The first-order valence-corrected chi connectivity index (χ1v) is 11.3. The monoisotopic (exact) mass is 453 g/mol. The molecule has 2 N–H and O–H groups in total. The quantitative estimate of drug-likeness (QED) is 0.544. The predicted molar refractivity (Wildman–Crippen MR) is 121 cm³/mol. The van der Waals surface area contributed by atoms with Crippen LogP contribution in [0, 0.1) is 0 Å². The number of hydrogen-bond acceptors (Lipinski definition) is 7. The summed E-state index contributed by atoms with van der Waals surface area (Å²) < 4.78 is 5.25. The standard InChI is InChI=1S/C22H19N3O4S2/c1-13(20(27)25-22-24-16(12-30-22)14-7-3-2-4-8-14)29-19(26)11-18-21(28)23-15-9-5-6-10-17(15)31-18/h2-10,12-13,18H,11H2,1H3,(H,23,28)(H,24,25,27)/t13-,18+/m0/s1. The summed E-state index contributed by atoms with van der Waals surface area (Å²) in [5.41, 5.74) is 2.43. The maximum Gasteiger partial charge on any atom is 0.308 e. The molecule has 0 spiro atoms. The number of carbonyl (C=O) groups is 3. The minimum Gasteiger partial charge on any atom is -0.452 e. The van der Waals surface area contributed by atoms with E-state index < -0.39 is 23.2 Å². The van der Waals surface area contributed by atoms with Crippen LogP contribution >= 0.6 is 23.1 Å². The first kappa shape index (κ1) is 21.1. The Morgan fingerprint density at radius 2 is 1.90 bits per heavy atom. The molecular weight excluding hydrogens is 434 g/mol. The van der Waals surface area contributed by atoms with Crippen LogP contribution in [-0.4, -0.2) is 34.1 Å². The summed E-state index contributed by atoms with van der Waals surface area (Å²) >= 11 is 2.60. The fourth-order valence-electron chi connectivity index (χ4n) is 2.96. The second kappa shape index (κ2) is 9.32. The van der Waals surface area contributed by atoms with Crippen LogP contribution in [0.4, 0.5) is 10.8 Å². The molecule has 1 aromatic heterocycles. The highest BCUT2D eigenvalue weighted by Gasteiger charge is 2.30. The minimum atomic E-state index is -1.01. The van der Waals surface area contributed by atoms with Crippen LogP contribution in [0.2, 0.25) is 0 Å². The van der Waals surface area contributed by atoms with Crippen molar-refractivity contribution >= 4 is 51.7 Å². The van der Waals surface area contributed by atoms with Crippen LogP contribution in [0.15, 0.2) is 64.9 Å². The molecule has 7 nitrogen and oxygen atoms in total. The Labute approximate surface area is 187 Å². The van der Waals surface area contributed by atoms with Crippen LogP contribution in [0.25, 0.3) is 11.3 Å². The van der Waals surface area contributed by atoms with E-state index in [9.17, 15) is 14.4 Å². The van der Waals surface area contributed by atoms with Gasteiger partial charge in [-0.2, -0.15) is 0 Å². The normalized spacial score (nSPS) is 16.0. The third-order valence-corrected chi connectivity index (χ3v) is 6.57. The Morgan fingerprint density at radius 1 is 1.16 bits per heavy atom.